The Balaban J connectivity index is 2.65. The largest absolute Gasteiger partial charge is 0.493 e. The highest BCUT2D eigenvalue weighted by Crippen LogP contribution is 2.23. The SMILES string of the molecule is Cc1cccc(C)c1OCC(C)CC(=O)[C@H](CCCCNC(=O)OC(C)(C)C)NC(=O)OC(C)(C)C. The van der Waals surface area contributed by atoms with Gasteiger partial charge < -0.3 is 24.8 Å². The Labute approximate surface area is 216 Å². The van der Waals surface area contributed by atoms with Crippen LogP contribution in [0.15, 0.2) is 18.2 Å². The van der Waals surface area contributed by atoms with E-state index in [1.165, 1.54) is 0 Å². The molecule has 0 saturated carbocycles. The summed E-state index contributed by atoms with van der Waals surface area (Å²) >= 11 is 0. The molecule has 0 aromatic heterocycles. The number of para-hydroxylation sites is 1. The minimum Gasteiger partial charge on any atom is -0.493 e. The highest BCUT2D eigenvalue weighted by atomic mass is 16.6. The molecule has 1 rings (SSSR count). The molecule has 0 fully saturated rings. The van der Waals surface area contributed by atoms with Crippen molar-refractivity contribution in [2.75, 3.05) is 13.2 Å². The van der Waals surface area contributed by atoms with Crippen molar-refractivity contribution in [3.8, 4) is 5.75 Å². The molecule has 8 heteroatoms. The minimum absolute atomic E-state index is 0.0340. The zero-order chi connectivity index (χ0) is 27.5. The summed E-state index contributed by atoms with van der Waals surface area (Å²) in [5.74, 6) is 0.740. The van der Waals surface area contributed by atoms with Crippen molar-refractivity contribution in [1.29, 1.82) is 0 Å². The van der Waals surface area contributed by atoms with Crippen LogP contribution in [0.4, 0.5) is 9.59 Å². The Morgan fingerprint density at radius 2 is 1.44 bits per heavy atom. The first-order chi connectivity index (χ1) is 16.6. The van der Waals surface area contributed by atoms with Gasteiger partial charge in [-0.05, 0) is 91.7 Å². The average Bonchev–Trinajstić information content (AvgIpc) is 2.69. The first-order valence-electron chi connectivity index (χ1n) is 12.8. The van der Waals surface area contributed by atoms with Crippen LogP contribution in [0.25, 0.3) is 0 Å². The number of hydrogen-bond acceptors (Lipinski definition) is 6. The van der Waals surface area contributed by atoms with Crippen LogP contribution in [0.2, 0.25) is 0 Å². The lowest BCUT2D eigenvalue weighted by Gasteiger charge is -2.24. The number of carbonyl (C=O) groups excluding carboxylic acids is 3. The molecule has 1 aromatic rings. The van der Waals surface area contributed by atoms with Gasteiger partial charge in [0, 0.05) is 13.0 Å². The van der Waals surface area contributed by atoms with Crippen LogP contribution >= 0.6 is 0 Å². The number of nitrogens with one attached hydrogen (secondary N) is 2. The molecule has 2 N–H and O–H groups in total. The fourth-order valence-electron chi connectivity index (χ4n) is 3.54. The molecular formula is C28H46N2O6. The third-order valence-electron chi connectivity index (χ3n) is 5.14. The number of amides is 2. The van der Waals surface area contributed by atoms with Gasteiger partial charge in [-0.25, -0.2) is 9.59 Å². The first-order valence-corrected chi connectivity index (χ1v) is 12.8. The van der Waals surface area contributed by atoms with Crippen molar-refractivity contribution in [2.24, 2.45) is 5.92 Å². The first kappa shape index (κ1) is 31.3. The molecule has 0 radical (unpaired) electrons. The van der Waals surface area contributed by atoms with Crippen LogP contribution < -0.4 is 15.4 Å². The van der Waals surface area contributed by atoms with Crippen molar-refractivity contribution in [3.63, 3.8) is 0 Å². The number of rotatable bonds is 12. The summed E-state index contributed by atoms with van der Waals surface area (Å²) in [4.78, 5) is 37.3. The summed E-state index contributed by atoms with van der Waals surface area (Å²) in [6.45, 7) is 17.5. The van der Waals surface area contributed by atoms with Gasteiger partial charge in [-0.15, -0.1) is 0 Å². The quantitative estimate of drug-likeness (QED) is 0.344. The van der Waals surface area contributed by atoms with Crippen molar-refractivity contribution in [3.05, 3.63) is 29.3 Å². The number of hydrogen-bond donors (Lipinski definition) is 2. The number of unbranched alkanes of at least 4 members (excludes halogenated alkanes) is 1. The zero-order valence-corrected chi connectivity index (χ0v) is 23.6. The number of Topliss-reactive ketones (excluding diaryl/α,β-unsaturated/α-hetero) is 1. The lowest BCUT2D eigenvalue weighted by Crippen LogP contribution is -2.44. The normalized spacial score (nSPS) is 13.4. The van der Waals surface area contributed by atoms with Crippen LogP contribution in [-0.4, -0.2) is 48.4 Å². The number of alkyl carbamates (subject to hydrolysis) is 2. The summed E-state index contributed by atoms with van der Waals surface area (Å²) in [5.41, 5.74) is 0.884. The Hall–Kier alpha value is -2.77. The molecule has 8 nitrogen and oxygen atoms in total. The number of aryl methyl sites for hydroxylation is 2. The maximum absolute atomic E-state index is 13.1. The van der Waals surface area contributed by atoms with E-state index in [0.29, 0.717) is 32.4 Å². The maximum Gasteiger partial charge on any atom is 0.408 e. The van der Waals surface area contributed by atoms with Crippen molar-refractivity contribution in [2.45, 2.75) is 105 Å². The van der Waals surface area contributed by atoms with Gasteiger partial charge in [0.15, 0.2) is 5.78 Å². The van der Waals surface area contributed by atoms with Gasteiger partial charge in [0.05, 0.1) is 12.6 Å². The topological polar surface area (TPSA) is 103 Å². The predicted molar refractivity (Wildman–Crippen MR) is 141 cm³/mol. The molecule has 0 saturated heterocycles. The molecule has 2 amide bonds. The number of ketones is 1. The van der Waals surface area contributed by atoms with E-state index in [1.54, 1.807) is 41.5 Å². The number of ether oxygens (including phenoxy) is 3. The molecule has 0 aliphatic heterocycles. The van der Waals surface area contributed by atoms with E-state index in [0.717, 1.165) is 16.9 Å². The molecule has 0 heterocycles. The molecule has 204 valence electrons. The van der Waals surface area contributed by atoms with E-state index in [-0.39, 0.29) is 18.1 Å². The highest BCUT2D eigenvalue weighted by molar-refractivity contribution is 5.87. The van der Waals surface area contributed by atoms with Crippen LogP contribution in [0, 0.1) is 19.8 Å². The molecule has 1 aromatic carbocycles. The molecule has 0 aliphatic rings. The number of carbonyl (C=O) groups is 3. The minimum atomic E-state index is -0.677. The molecular weight excluding hydrogens is 460 g/mol. The molecule has 1 unspecified atom stereocenters. The monoisotopic (exact) mass is 506 g/mol. The van der Waals surface area contributed by atoms with Gasteiger partial charge in [-0.3, -0.25) is 4.79 Å². The summed E-state index contributed by atoms with van der Waals surface area (Å²) in [6, 6.07) is 5.30. The second kappa shape index (κ2) is 14.1. The molecule has 2 atom stereocenters. The van der Waals surface area contributed by atoms with Crippen LogP contribution in [-0.2, 0) is 14.3 Å². The Bertz CT molecular complexity index is 850. The average molecular weight is 507 g/mol. The summed E-state index contributed by atoms with van der Waals surface area (Å²) in [6.07, 6.45) is 0.895. The van der Waals surface area contributed by atoms with Gasteiger partial charge in [0.25, 0.3) is 0 Å². The van der Waals surface area contributed by atoms with E-state index in [1.807, 2.05) is 39.0 Å². The Kier molecular flexibility index (Phi) is 12.2. The summed E-state index contributed by atoms with van der Waals surface area (Å²) in [7, 11) is 0. The highest BCUT2D eigenvalue weighted by Gasteiger charge is 2.25. The molecule has 36 heavy (non-hydrogen) atoms. The Morgan fingerprint density at radius 1 is 0.889 bits per heavy atom. The summed E-state index contributed by atoms with van der Waals surface area (Å²) in [5, 5.41) is 5.45. The lowest BCUT2D eigenvalue weighted by molar-refractivity contribution is -0.122. The van der Waals surface area contributed by atoms with E-state index >= 15 is 0 Å². The Morgan fingerprint density at radius 3 is 2.00 bits per heavy atom. The summed E-state index contributed by atoms with van der Waals surface area (Å²) < 4.78 is 16.6. The zero-order valence-electron chi connectivity index (χ0n) is 23.6. The van der Waals surface area contributed by atoms with E-state index < -0.39 is 29.4 Å². The third kappa shape index (κ3) is 13.4. The van der Waals surface area contributed by atoms with Crippen molar-refractivity contribution in [1.82, 2.24) is 10.6 Å². The second-order valence-corrected chi connectivity index (χ2v) is 11.4. The van der Waals surface area contributed by atoms with E-state index in [9.17, 15) is 14.4 Å². The van der Waals surface area contributed by atoms with Crippen LogP contribution in [0.3, 0.4) is 0 Å². The van der Waals surface area contributed by atoms with Gasteiger partial charge >= 0.3 is 12.2 Å². The maximum atomic E-state index is 13.1. The van der Waals surface area contributed by atoms with Crippen LogP contribution in [0.1, 0.15) is 85.3 Å². The lowest BCUT2D eigenvalue weighted by atomic mass is 9.97. The molecule has 0 bridgehead atoms. The van der Waals surface area contributed by atoms with Gasteiger partial charge in [0.2, 0.25) is 0 Å². The fraction of sp³-hybridized carbons (Fsp3) is 0.679. The predicted octanol–water partition coefficient (Wildman–Crippen LogP) is 5.87. The molecule has 0 spiro atoms. The smallest absolute Gasteiger partial charge is 0.408 e. The van der Waals surface area contributed by atoms with E-state index in [4.69, 9.17) is 14.2 Å². The van der Waals surface area contributed by atoms with Gasteiger partial charge in [-0.1, -0.05) is 25.1 Å². The van der Waals surface area contributed by atoms with Crippen molar-refractivity contribution >= 4 is 18.0 Å². The molecule has 0 aliphatic carbocycles. The second-order valence-electron chi connectivity index (χ2n) is 11.4. The van der Waals surface area contributed by atoms with Gasteiger partial charge in [0.1, 0.15) is 17.0 Å². The fourth-order valence-corrected chi connectivity index (χ4v) is 3.54. The van der Waals surface area contributed by atoms with Gasteiger partial charge in [-0.2, -0.15) is 0 Å². The van der Waals surface area contributed by atoms with Crippen molar-refractivity contribution < 1.29 is 28.6 Å². The third-order valence-corrected chi connectivity index (χ3v) is 5.14. The van der Waals surface area contributed by atoms with E-state index in [2.05, 4.69) is 10.6 Å². The standard InChI is InChI=1S/C28H46N2O6/c1-19(18-34-24-20(2)13-12-14-21(24)3)17-23(31)22(30-26(33)36-28(7,8)9)15-10-11-16-29-25(32)35-27(4,5)6/h12-14,19,22H,10-11,15-18H2,1-9H3,(H,29,32)(H,30,33)/t19?,22-/m0/s1. The van der Waals surface area contributed by atoms with Crippen LogP contribution in [0.5, 0.6) is 5.75 Å². The number of benzene rings is 1.